The van der Waals surface area contributed by atoms with Gasteiger partial charge in [0.1, 0.15) is 5.41 Å². The summed E-state index contributed by atoms with van der Waals surface area (Å²) in [6.45, 7) is 3.70. The Labute approximate surface area is 162 Å². The molecule has 2 aromatic carbocycles. The molecule has 8 heteroatoms. The van der Waals surface area contributed by atoms with Crippen molar-refractivity contribution in [1.29, 1.82) is 0 Å². The molecule has 1 heterocycles. The normalized spacial score (nSPS) is 23.0. The minimum absolute atomic E-state index is 0.0116. The van der Waals surface area contributed by atoms with Crippen molar-refractivity contribution in [2.45, 2.75) is 37.2 Å². The molecule has 1 saturated heterocycles. The highest BCUT2D eigenvalue weighted by molar-refractivity contribution is 7.90. The predicted molar refractivity (Wildman–Crippen MR) is 98.6 cm³/mol. The number of nitrogens with zero attached hydrogens (tertiary/aromatic N) is 1. The van der Waals surface area contributed by atoms with Gasteiger partial charge in [-0.05, 0) is 23.5 Å². The fourth-order valence-electron chi connectivity index (χ4n) is 3.96. The van der Waals surface area contributed by atoms with Gasteiger partial charge in [-0.1, -0.05) is 74.5 Å². The standard InChI is InChI=1S/C20H20F3NO3S/c1-14(2)13-19(16-11-7-4-8-12-16)17(15-9-5-3-6-10-15)24(18(19)25)28(26,27)20(21,22)23/h3-12,14,17H,13H2,1-2H3/t17-,19-/m1/s1. The molecule has 1 amide bonds. The van der Waals surface area contributed by atoms with Crippen molar-refractivity contribution in [2.24, 2.45) is 5.92 Å². The van der Waals surface area contributed by atoms with Crippen LogP contribution in [-0.4, -0.2) is 24.1 Å². The number of amides is 1. The van der Waals surface area contributed by atoms with Gasteiger partial charge in [-0.3, -0.25) is 4.79 Å². The van der Waals surface area contributed by atoms with Crippen LogP contribution in [0, 0.1) is 5.92 Å². The van der Waals surface area contributed by atoms with Crippen molar-refractivity contribution in [1.82, 2.24) is 4.31 Å². The molecule has 1 aliphatic rings. The topological polar surface area (TPSA) is 54.5 Å². The molecular formula is C20H20F3NO3S. The van der Waals surface area contributed by atoms with Crippen LogP contribution in [0.4, 0.5) is 13.2 Å². The first kappa shape index (κ1) is 20.4. The first-order chi connectivity index (χ1) is 13.0. The number of rotatable bonds is 5. The number of hydrogen-bond donors (Lipinski definition) is 0. The average Bonchev–Trinajstić information content (AvgIpc) is 2.63. The molecule has 2 atom stereocenters. The first-order valence-electron chi connectivity index (χ1n) is 8.79. The minimum Gasteiger partial charge on any atom is -0.273 e. The van der Waals surface area contributed by atoms with Crippen LogP contribution in [0.2, 0.25) is 0 Å². The summed E-state index contributed by atoms with van der Waals surface area (Å²) in [6, 6.07) is 15.2. The quantitative estimate of drug-likeness (QED) is 0.685. The Morgan fingerprint density at radius 1 is 1.00 bits per heavy atom. The highest BCUT2D eigenvalue weighted by atomic mass is 32.2. The van der Waals surface area contributed by atoms with Crippen LogP contribution in [0.5, 0.6) is 0 Å². The van der Waals surface area contributed by atoms with Crippen molar-refractivity contribution in [3.8, 4) is 0 Å². The monoisotopic (exact) mass is 411 g/mol. The molecule has 150 valence electrons. The smallest absolute Gasteiger partial charge is 0.273 e. The maximum atomic E-state index is 13.3. The summed E-state index contributed by atoms with van der Waals surface area (Å²) in [5.74, 6) is -1.09. The van der Waals surface area contributed by atoms with E-state index in [0.29, 0.717) is 11.1 Å². The number of carbonyl (C=O) groups excluding carboxylic acids is 1. The van der Waals surface area contributed by atoms with Gasteiger partial charge in [0.2, 0.25) is 5.91 Å². The Kier molecular flexibility index (Phi) is 5.04. The van der Waals surface area contributed by atoms with Crippen LogP contribution in [0.3, 0.4) is 0 Å². The minimum atomic E-state index is -5.82. The molecule has 0 N–H and O–H groups in total. The number of β-lactam (4-membered cyclic amide) rings is 1. The molecular weight excluding hydrogens is 391 g/mol. The van der Waals surface area contributed by atoms with E-state index < -0.39 is 32.9 Å². The number of hydrogen-bond acceptors (Lipinski definition) is 3. The molecule has 0 bridgehead atoms. The second-order valence-corrected chi connectivity index (χ2v) is 9.11. The van der Waals surface area contributed by atoms with E-state index in [1.54, 1.807) is 60.7 Å². The van der Waals surface area contributed by atoms with Crippen molar-refractivity contribution in [3.63, 3.8) is 0 Å². The van der Waals surface area contributed by atoms with Gasteiger partial charge in [0.05, 0.1) is 6.04 Å². The summed E-state index contributed by atoms with van der Waals surface area (Å²) in [5.41, 5.74) is -6.08. The predicted octanol–water partition coefficient (Wildman–Crippen LogP) is 4.40. The molecule has 0 spiro atoms. The Balaban J connectivity index is 2.26. The molecule has 0 saturated carbocycles. The Morgan fingerprint density at radius 2 is 1.50 bits per heavy atom. The Morgan fingerprint density at radius 3 is 1.96 bits per heavy atom. The number of sulfonamides is 1. The zero-order chi connectivity index (χ0) is 20.7. The van der Waals surface area contributed by atoms with Crippen molar-refractivity contribution >= 4 is 15.9 Å². The van der Waals surface area contributed by atoms with Crippen molar-refractivity contribution in [2.75, 3.05) is 0 Å². The summed E-state index contributed by atoms with van der Waals surface area (Å²) < 4.78 is 64.3. The number of benzene rings is 2. The molecule has 1 fully saturated rings. The number of carbonyl (C=O) groups is 1. The van der Waals surface area contributed by atoms with Crippen LogP contribution in [0.1, 0.15) is 37.4 Å². The van der Waals surface area contributed by atoms with E-state index in [9.17, 15) is 26.4 Å². The maximum Gasteiger partial charge on any atom is 0.516 e. The van der Waals surface area contributed by atoms with E-state index in [-0.39, 0.29) is 16.6 Å². The van der Waals surface area contributed by atoms with Gasteiger partial charge in [0, 0.05) is 0 Å². The lowest BCUT2D eigenvalue weighted by atomic mass is 9.61. The van der Waals surface area contributed by atoms with Gasteiger partial charge < -0.3 is 0 Å². The van der Waals surface area contributed by atoms with E-state index in [0.717, 1.165) is 0 Å². The summed E-state index contributed by atoms with van der Waals surface area (Å²) >= 11 is 0. The van der Waals surface area contributed by atoms with Crippen molar-refractivity contribution in [3.05, 3.63) is 71.8 Å². The molecule has 0 aromatic heterocycles. The molecule has 0 radical (unpaired) electrons. The maximum absolute atomic E-state index is 13.3. The lowest BCUT2D eigenvalue weighted by molar-refractivity contribution is -0.155. The van der Waals surface area contributed by atoms with Gasteiger partial charge in [-0.15, -0.1) is 0 Å². The van der Waals surface area contributed by atoms with Crippen LogP contribution >= 0.6 is 0 Å². The molecule has 4 nitrogen and oxygen atoms in total. The van der Waals surface area contributed by atoms with Gasteiger partial charge in [-0.25, -0.2) is 4.31 Å². The molecule has 0 aliphatic carbocycles. The molecule has 1 aliphatic heterocycles. The average molecular weight is 411 g/mol. The van der Waals surface area contributed by atoms with E-state index >= 15 is 0 Å². The van der Waals surface area contributed by atoms with E-state index in [4.69, 9.17) is 0 Å². The van der Waals surface area contributed by atoms with Crippen LogP contribution in [-0.2, 0) is 20.2 Å². The fourth-order valence-corrected chi connectivity index (χ4v) is 5.14. The summed E-state index contributed by atoms with van der Waals surface area (Å²) in [5, 5.41) is 0. The highest BCUT2D eigenvalue weighted by Crippen LogP contribution is 2.57. The van der Waals surface area contributed by atoms with Crippen LogP contribution in [0.15, 0.2) is 60.7 Å². The largest absolute Gasteiger partial charge is 0.516 e. The lowest BCUT2D eigenvalue weighted by Gasteiger charge is -2.56. The molecule has 2 aromatic rings. The summed E-state index contributed by atoms with van der Waals surface area (Å²) in [6.07, 6.45) is 0.222. The first-order valence-corrected chi connectivity index (χ1v) is 10.2. The Bertz CT molecular complexity index is 959. The number of halogens is 3. The van der Waals surface area contributed by atoms with Gasteiger partial charge in [0.25, 0.3) is 0 Å². The van der Waals surface area contributed by atoms with Gasteiger partial charge >= 0.3 is 15.5 Å². The lowest BCUT2D eigenvalue weighted by Crippen LogP contribution is -2.69. The zero-order valence-electron chi connectivity index (χ0n) is 15.3. The highest BCUT2D eigenvalue weighted by Gasteiger charge is 2.70. The van der Waals surface area contributed by atoms with Crippen LogP contribution in [0.25, 0.3) is 0 Å². The van der Waals surface area contributed by atoms with Gasteiger partial charge in [-0.2, -0.15) is 21.6 Å². The van der Waals surface area contributed by atoms with Crippen LogP contribution < -0.4 is 0 Å². The summed E-state index contributed by atoms with van der Waals surface area (Å²) in [7, 11) is -5.82. The summed E-state index contributed by atoms with van der Waals surface area (Å²) in [4.78, 5) is 13.1. The molecule has 3 rings (SSSR count). The third-order valence-electron chi connectivity index (χ3n) is 4.97. The second kappa shape index (κ2) is 6.92. The van der Waals surface area contributed by atoms with E-state index in [2.05, 4.69) is 0 Å². The number of alkyl halides is 3. The van der Waals surface area contributed by atoms with Crippen molar-refractivity contribution < 1.29 is 26.4 Å². The van der Waals surface area contributed by atoms with Gasteiger partial charge in [0.15, 0.2) is 0 Å². The third-order valence-corrected chi connectivity index (χ3v) is 6.45. The Hall–Kier alpha value is -2.35. The van der Waals surface area contributed by atoms with E-state index in [1.165, 1.54) is 0 Å². The second-order valence-electron chi connectivity index (χ2n) is 7.30. The van der Waals surface area contributed by atoms with E-state index in [1.807, 2.05) is 13.8 Å². The SMILES string of the molecule is CC(C)C[C@]1(c2ccccc2)C(=O)N(S(=O)(=O)C(F)(F)F)[C@@H]1c1ccccc1. The molecule has 0 unspecified atom stereocenters. The fraction of sp³-hybridized carbons (Fsp3) is 0.350. The zero-order valence-corrected chi connectivity index (χ0v) is 16.2. The third kappa shape index (κ3) is 2.99. The molecule has 28 heavy (non-hydrogen) atoms.